The molecule has 0 saturated carbocycles. The Hall–Kier alpha value is -6.74. The van der Waals surface area contributed by atoms with Crippen LogP contribution >= 0.6 is 0 Å². The SMILES string of the molecule is CC(C)C[C@H](NC(=O)CNC(=O)[C@H](CCCN=C(N)N)NC(=O)[C@H](CO)NC(=O)[C@@H](N)Cc1ccc(O)cc1)C(=O)N[C@@H](Cc1c[nH]c2ccccc12)C(=O)N[C@@H](C)C(=O)O. The molecule has 0 aliphatic rings. The number of carbonyl (C=O) groups excluding carboxylic acids is 6. The van der Waals surface area contributed by atoms with Crippen molar-refractivity contribution in [2.24, 2.45) is 28.1 Å². The molecule has 21 nitrogen and oxygen atoms in total. The number of aromatic amines is 1. The van der Waals surface area contributed by atoms with Gasteiger partial charge >= 0.3 is 5.97 Å². The van der Waals surface area contributed by atoms with Crippen LogP contribution in [0.25, 0.3) is 10.9 Å². The highest BCUT2D eigenvalue weighted by Gasteiger charge is 2.31. The first-order valence-electron chi connectivity index (χ1n) is 19.6. The fourth-order valence-electron chi connectivity index (χ4n) is 6.11. The van der Waals surface area contributed by atoms with Gasteiger partial charge in [0, 0.05) is 30.1 Å². The van der Waals surface area contributed by atoms with Gasteiger partial charge in [0.2, 0.25) is 35.4 Å². The number of benzene rings is 2. The van der Waals surface area contributed by atoms with Gasteiger partial charge in [-0.3, -0.25) is 38.6 Å². The molecule has 2 aromatic carbocycles. The van der Waals surface area contributed by atoms with Crippen LogP contribution in [0, 0.1) is 5.92 Å². The van der Waals surface area contributed by atoms with E-state index in [0.717, 1.165) is 10.9 Å². The molecule has 6 amide bonds. The van der Waals surface area contributed by atoms with Gasteiger partial charge in [0.1, 0.15) is 36.0 Å². The lowest BCUT2D eigenvalue weighted by molar-refractivity contribution is -0.141. The zero-order valence-corrected chi connectivity index (χ0v) is 34.3. The molecule has 61 heavy (non-hydrogen) atoms. The van der Waals surface area contributed by atoms with Gasteiger partial charge in [-0.25, -0.2) is 0 Å². The number of para-hydroxylation sites is 1. The quantitative estimate of drug-likeness (QED) is 0.0257. The minimum absolute atomic E-state index is 0.0178. The van der Waals surface area contributed by atoms with Gasteiger partial charge in [-0.05, 0) is 67.9 Å². The Labute approximate surface area is 352 Å². The first-order valence-corrected chi connectivity index (χ1v) is 19.6. The second kappa shape index (κ2) is 23.7. The Morgan fingerprint density at radius 2 is 1.38 bits per heavy atom. The number of aliphatic imine (C=N–C) groups is 1. The van der Waals surface area contributed by atoms with Crippen LogP contribution in [0.4, 0.5) is 0 Å². The summed E-state index contributed by atoms with van der Waals surface area (Å²) < 4.78 is 0. The number of carboxylic acid groups (broad SMARTS) is 1. The van der Waals surface area contributed by atoms with Gasteiger partial charge in [0.05, 0.1) is 19.2 Å². The van der Waals surface area contributed by atoms with Crippen molar-refractivity contribution in [1.29, 1.82) is 0 Å². The summed E-state index contributed by atoms with van der Waals surface area (Å²) >= 11 is 0. The highest BCUT2D eigenvalue weighted by atomic mass is 16.4. The van der Waals surface area contributed by atoms with Crippen LogP contribution in [-0.2, 0) is 46.4 Å². The molecule has 332 valence electrons. The van der Waals surface area contributed by atoms with Gasteiger partial charge in [-0.15, -0.1) is 0 Å². The minimum atomic E-state index is -1.51. The fourth-order valence-corrected chi connectivity index (χ4v) is 6.11. The van der Waals surface area contributed by atoms with Gasteiger partial charge < -0.3 is 69.4 Å². The molecule has 21 heteroatoms. The number of nitrogens with one attached hydrogen (secondary N) is 7. The summed E-state index contributed by atoms with van der Waals surface area (Å²) in [6, 6.07) is 5.63. The Balaban J connectivity index is 1.70. The van der Waals surface area contributed by atoms with Gasteiger partial charge in [-0.1, -0.05) is 44.2 Å². The number of aliphatic hydroxyl groups is 1. The van der Waals surface area contributed by atoms with Crippen LogP contribution in [0.3, 0.4) is 0 Å². The number of aliphatic carboxylic acids is 1. The van der Waals surface area contributed by atoms with E-state index in [0.29, 0.717) is 11.1 Å². The summed E-state index contributed by atoms with van der Waals surface area (Å²) in [6.07, 6.45) is 1.98. The molecule has 3 rings (SSSR count). The molecule has 0 unspecified atom stereocenters. The maximum Gasteiger partial charge on any atom is 0.325 e. The lowest BCUT2D eigenvalue weighted by Gasteiger charge is -2.25. The number of hydrogen-bond donors (Lipinski definition) is 13. The molecule has 3 aromatic rings. The molecule has 6 atom stereocenters. The van der Waals surface area contributed by atoms with Crippen LogP contribution in [0.15, 0.2) is 59.7 Å². The maximum atomic E-state index is 13.8. The average molecular weight is 852 g/mol. The van der Waals surface area contributed by atoms with E-state index in [9.17, 15) is 48.9 Å². The Kier molecular flexibility index (Phi) is 18.9. The first kappa shape index (κ1) is 48.6. The van der Waals surface area contributed by atoms with Crippen molar-refractivity contribution >= 4 is 58.3 Å². The summed E-state index contributed by atoms with van der Waals surface area (Å²) in [5.41, 5.74) is 18.9. The van der Waals surface area contributed by atoms with E-state index in [1.54, 1.807) is 38.2 Å². The number of phenolic OH excluding ortho intramolecular Hbond substituents is 1. The zero-order chi connectivity index (χ0) is 45.2. The molecule has 0 aliphatic heterocycles. The number of H-pyrrole nitrogens is 1. The molecule has 0 bridgehead atoms. The van der Waals surface area contributed by atoms with E-state index >= 15 is 0 Å². The third-order valence-electron chi connectivity index (χ3n) is 9.37. The molecule has 0 fully saturated rings. The summed E-state index contributed by atoms with van der Waals surface area (Å²) in [5, 5.41) is 44.5. The number of fused-ring (bicyclic) bond motifs is 1. The van der Waals surface area contributed by atoms with Crippen molar-refractivity contribution in [3.63, 3.8) is 0 Å². The van der Waals surface area contributed by atoms with Crippen molar-refractivity contribution < 1.29 is 48.9 Å². The highest BCUT2D eigenvalue weighted by Crippen LogP contribution is 2.20. The molecule has 1 heterocycles. The topological polar surface area (TPSA) is 359 Å². The monoisotopic (exact) mass is 851 g/mol. The second-order valence-corrected chi connectivity index (χ2v) is 14.9. The minimum Gasteiger partial charge on any atom is -0.508 e. The van der Waals surface area contributed by atoms with Crippen molar-refractivity contribution in [3.8, 4) is 5.75 Å². The average Bonchev–Trinajstić information content (AvgIpc) is 3.62. The Morgan fingerprint density at radius 1 is 0.754 bits per heavy atom. The largest absolute Gasteiger partial charge is 0.508 e. The molecule has 1 aromatic heterocycles. The van der Waals surface area contributed by atoms with Crippen LogP contribution in [-0.4, -0.2) is 124 Å². The molecule has 0 spiro atoms. The number of aromatic nitrogens is 1. The second-order valence-electron chi connectivity index (χ2n) is 14.9. The molecule has 16 N–H and O–H groups in total. The lowest BCUT2D eigenvalue weighted by atomic mass is 10.0. The van der Waals surface area contributed by atoms with Crippen molar-refractivity contribution in [2.45, 2.75) is 89.1 Å². The smallest absolute Gasteiger partial charge is 0.325 e. The summed E-state index contributed by atoms with van der Waals surface area (Å²) in [6.45, 7) is 3.47. The summed E-state index contributed by atoms with van der Waals surface area (Å²) in [4.78, 5) is 98.4. The predicted octanol–water partition coefficient (Wildman–Crippen LogP) is -2.28. The molecular weight excluding hydrogens is 795 g/mol. The summed E-state index contributed by atoms with van der Waals surface area (Å²) in [5.74, 6) is -6.41. The number of phenols is 1. The number of guanidine groups is 1. The van der Waals surface area contributed by atoms with Crippen LogP contribution in [0.1, 0.15) is 51.2 Å². The standard InChI is InChI=1S/C40H57N11O10/c1-21(2)15-30(37(58)50-31(36(57)47-22(3)39(60)61)17-24-18-45-28-8-5-4-7-26(24)28)48-33(54)19-46-35(56)29(9-6-14-44-40(42)43)49-38(59)32(20-52)51-34(55)27(41)16-23-10-12-25(53)13-11-23/h4-5,7-8,10-13,18,21-22,27,29-32,45,52-53H,6,9,14-17,19-20,41H2,1-3H3,(H,46,56)(H,47,57)(H,48,54)(H,49,59)(H,50,58)(H,51,55)(H,60,61)(H4,42,43,44)/t22-,27-,29-,30-,31-,32-/m0/s1. The number of aromatic hydroxyl groups is 1. The maximum absolute atomic E-state index is 13.8. The number of amides is 6. The van der Waals surface area contributed by atoms with Crippen molar-refractivity contribution in [3.05, 3.63) is 65.9 Å². The van der Waals surface area contributed by atoms with Crippen molar-refractivity contribution in [2.75, 3.05) is 19.7 Å². The Bertz CT molecular complexity index is 2020. The highest BCUT2D eigenvalue weighted by molar-refractivity contribution is 5.96. The molecule has 0 saturated heterocycles. The number of nitrogens with two attached hydrogens (primary N) is 3. The predicted molar refractivity (Wildman–Crippen MR) is 224 cm³/mol. The third-order valence-corrected chi connectivity index (χ3v) is 9.37. The third kappa shape index (κ3) is 16.1. The van der Waals surface area contributed by atoms with E-state index < -0.39 is 90.8 Å². The van der Waals surface area contributed by atoms with Crippen LogP contribution < -0.4 is 49.1 Å². The number of rotatable bonds is 24. The Morgan fingerprint density at radius 3 is 2.02 bits per heavy atom. The number of aliphatic hydroxyl groups excluding tert-OH is 1. The first-order chi connectivity index (χ1) is 28.9. The fraction of sp³-hybridized carbons (Fsp3) is 0.450. The van der Waals surface area contributed by atoms with E-state index in [1.807, 2.05) is 18.2 Å². The molecular formula is C40H57N11O10. The number of carbonyl (C=O) groups is 7. The van der Waals surface area contributed by atoms with Crippen LogP contribution in [0.5, 0.6) is 5.75 Å². The van der Waals surface area contributed by atoms with Crippen molar-refractivity contribution in [1.82, 2.24) is 36.9 Å². The molecule has 0 aliphatic carbocycles. The van der Waals surface area contributed by atoms with E-state index in [4.69, 9.17) is 17.2 Å². The van der Waals surface area contributed by atoms with E-state index in [1.165, 1.54) is 19.1 Å². The van der Waals surface area contributed by atoms with Crippen LogP contribution in [0.2, 0.25) is 0 Å². The number of nitrogens with zero attached hydrogens (tertiary/aromatic N) is 1. The van der Waals surface area contributed by atoms with Gasteiger partial charge in [0.15, 0.2) is 5.96 Å². The molecule has 0 radical (unpaired) electrons. The normalized spacial score (nSPS) is 14.0. The summed E-state index contributed by atoms with van der Waals surface area (Å²) in [7, 11) is 0. The number of hydrogen-bond acceptors (Lipinski definition) is 11. The van der Waals surface area contributed by atoms with E-state index in [2.05, 4.69) is 41.9 Å². The zero-order valence-electron chi connectivity index (χ0n) is 34.3. The van der Waals surface area contributed by atoms with Gasteiger partial charge in [0.25, 0.3) is 0 Å². The number of carboxylic acids is 1. The van der Waals surface area contributed by atoms with Gasteiger partial charge in [-0.2, -0.15) is 0 Å². The lowest BCUT2D eigenvalue weighted by Crippen LogP contribution is -2.58. The van der Waals surface area contributed by atoms with E-state index in [-0.39, 0.29) is 56.3 Å².